The van der Waals surface area contributed by atoms with E-state index >= 15 is 0 Å². The van der Waals surface area contributed by atoms with Crippen molar-refractivity contribution in [3.8, 4) is 0 Å². The van der Waals surface area contributed by atoms with Crippen molar-refractivity contribution in [2.24, 2.45) is 7.05 Å². The van der Waals surface area contributed by atoms with Gasteiger partial charge in [-0.3, -0.25) is 0 Å². The Morgan fingerprint density at radius 2 is 2.31 bits per heavy atom. The van der Waals surface area contributed by atoms with Gasteiger partial charge in [0.1, 0.15) is 0 Å². The minimum atomic E-state index is -0.149. The summed E-state index contributed by atoms with van der Waals surface area (Å²) in [7, 11) is 1.90. The molecule has 0 atom stereocenters. The molecule has 5 nitrogen and oxygen atoms in total. The molecule has 0 amide bonds. The van der Waals surface area contributed by atoms with Gasteiger partial charge in [-0.15, -0.1) is 0 Å². The third-order valence-corrected chi connectivity index (χ3v) is 4.92. The van der Waals surface area contributed by atoms with Gasteiger partial charge in [-0.1, -0.05) is 0 Å². The topological polar surface area (TPSA) is 69.6 Å². The van der Waals surface area contributed by atoms with Gasteiger partial charge in [0.15, 0.2) is 0 Å². The summed E-state index contributed by atoms with van der Waals surface area (Å²) in [4.78, 5) is 12.6. The van der Waals surface area contributed by atoms with Gasteiger partial charge >= 0.3 is 95.3 Å². The first-order chi connectivity index (χ1) is 6.22. The summed E-state index contributed by atoms with van der Waals surface area (Å²) < 4.78 is 2.71. The number of halogens is 2. The van der Waals surface area contributed by atoms with Crippen molar-refractivity contribution in [2.75, 3.05) is 5.73 Å². The summed E-state index contributed by atoms with van der Waals surface area (Å²) in [5.74, 6) is 0.483. The van der Waals surface area contributed by atoms with Gasteiger partial charge in [-0.05, 0) is 0 Å². The number of nitrogens with two attached hydrogens (primary N) is 1. The average Bonchev–Trinajstić information content (AvgIpc) is 2.48. The van der Waals surface area contributed by atoms with E-state index in [1.807, 2.05) is 11.6 Å². The van der Waals surface area contributed by atoms with E-state index in [-0.39, 0.29) is 17.2 Å². The van der Waals surface area contributed by atoms with Crippen molar-refractivity contribution in [1.82, 2.24) is 19.5 Å². The molecule has 0 fully saturated rings. The van der Waals surface area contributed by atoms with E-state index in [2.05, 4.69) is 33.6 Å². The van der Waals surface area contributed by atoms with E-state index in [0.29, 0.717) is 11.3 Å². The van der Waals surface area contributed by atoms with Gasteiger partial charge < -0.3 is 0 Å². The first kappa shape index (κ1) is 9.37. The number of fused-ring (bicyclic) bond motifs is 1. The Bertz CT molecular complexity index is 451. The predicted molar refractivity (Wildman–Crippen MR) is 53.4 cm³/mol. The molecule has 0 aliphatic heterocycles. The van der Waals surface area contributed by atoms with Crippen LogP contribution in [0, 0.1) is 3.83 Å². The van der Waals surface area contributed by atoms with Crippen LogP contribution in [0.25, 0.3) is 11.2 Å². The molecule has 0 bridgehead atoms. The van der Waals surface area contributed by atoms with Crippen molar-refractivity contribution >= 4 is 35.6 Å². The predicted octanol–water partition coefficient (Wildman–Crippen LogP) is -2.45. The van der Waals surface area contributed by atoms with E-state index in [1.165, 1.54) is 0 Å². The fraction of sp³-hybridized carbons (Fsp3) is 0.167. The standard InChI is InChI=1S/C6H6I2N5/c1-13-2-10-3-4(9)11-6(8-7)12-5(3)13/h2H,1H3,(H2,9,11,12)/q-1. The van der Waals surface area contributed by atoms with Gasteiger partial charge in [0, 0.05) is 0 Å². The van der Waals surface area contributed by atoms with E-state index < -0.39 is 0 Å². The molecule has 0 saturated heterocycles. The maximum atomic E-state index is 5.73. The van der Waals surface area contributed by atoms with Gasteiger partial charge in [-0.2, -0.15) is 0 Å². The summed E-state index contributed by atoms with van der Waals surface area (Å²) in [5, 5.41) is 0. The number of imidazole rings is 1. The number of nitrogen functional groups attached to an aromatic ring is 1. The second kappa shape index (κ2) is 3.52. The van der Waals surface area contributed by atoms with Crippen molar-refractivity contribution in [3.05, 3.63) is 10.2 Å². The molecule has 70 valence electrons. The Morgan fingerprint density at radius 3 is 3.00 bits per heavy atom. The number of anilines is 1. The van der Waals surface area contributed by atoms with Crippen molar-refractivity contribution in [2.45, 2.75) is 0 Å². The van der Waals surface area contributed by atoms with E-state index in [9.17, 15) is 0 Å². The molecule has 0 aliphatic rings. The van der Waals surface area contributed by atoms with Crippen LogP contribution in [0.2, 0.25) is 0 Å². The molecule has 0 aliphatic carbocycles. The number of hydrogen-bond acceptors (Lipinski definition) is 4. The van der Waals surface area contributed by atoms with Crippen LogP contribution in [-0.4, -0.2) is 19.5 Å². The zero-order valence-electron chi connectivity index (χ0n) is 6.70. The number of aromatic nitrogens is 4. The number of rotatable bonds is 1. The Kier molecular flexibility index (Phi) is 2.53. The first-order valence-corrected chi connectivity index (χ1v) is 10.8. The van der Waals surface area contributed by atoms with Crippen LogP contribution in [0.5, 0.6) is 0 Å². The molecule has 0 aromatic carbocycles. The van der Waals surface area contributed by atoms with Gasteiger partial charge in [0.05, 0.1) is 0 Å². The second-order valence-corrected chi connectivity index (χ2v) is 6.58. The molecule has 2 heterocycles. The molecule has 2 aromatic rings. The molecule has 13 heavy (non-hydrogen) atoms. The fourth-order valence-electron chi connectivity index (χ4n) is 1.03. The molecular formula is C6H6I2N5-. The molecular weight excluding hydrogens is 396 g/mol. The van der Waals surface area contributed by atoms with Crippen molar-refractivity contribution in [3.63, 3.8) is 0 Å². The summed E-state index contributed by atoms with van der Waals surface area (Å²) in [6.45, 7) is 0. The van der Waals surface area contributed by atoms with Crippen molar-refractivity contribution < 1.29 is 17.2 Å². The van der Waals surface area contributed by atoms with Crippen LogP contribution in [0.15, 0.2) is 6.33 Å². The Morgan fingerprint density at radius 1 is 1.54 bits per heavy atom. The maximum absolute atomic E-state index is 5.73. The SMILES string of the molecule is Cn1cnc2c(N)nc([I-]I)nc21. The number of hydrogen-bond donors (Lipinski definition) is 1. The van der Waals surface area contributed by atoms with Crippen LogP contribution in [-0.2, 0) is 7.05 Å². The molecule has 0 radical (unpaired) electrons. The summed E-state index contributed by atoms with van der Waals surface area (Å²) in [5.41, 5.74) is 7.25. The van der Waals surface area contributed by atoms with Crippen LogP contribution < -0.4 is 23.0 Å². The monoisotopic (exact) mass is 402 g/mol. The van der Waals surface area contributed by atoms with Gasteiger partial charge in [0.25, 0.3) is 0 Å². The molecule has 2 N–H and O–H groups in total. The third-order valence-electron chi connectivity index (χ3n) is 1.62. The van der Waals surface area contributed by atoms with Gasteiger partial charge in [0.2, 0.25) is 0 Å². The number of nitrogens with zero attached hydrogens (tertiary/aromatic N) is 4. The molecule has 2 rings (SSSR count). The molecule has 0 spiro atoms. The minimum absolute atomic E-state index is 0.149. The normalized spacial score (nSPS) is 11.2. The van der Waals surface area contributed by atoms with E-state index in [0.717, 1.165) is 9.48 Å². The Labute approximate surface area is 94.6 Å². The summed E-state index contributed by atoms with van der Waals surface area (Å²) in [6.07, 6.45) is 1.70. The second-order valence-electron chi connectivity index (χ2n) is 2.48. The van der Waals surface area contributed by atoms with Crippen LogP contribution in [0.4, 0.5) is 5.82 Å². The quantitative estimate of drug-likeness (QED) is 0.425. The van der Waals surface area contributed by atoms with Crippen LogP contribution in [0.1, 0.15) is 0 Å². The zero-order valence-corrected chi connectivity index (χ0v) is 11.0. The average molecular weight is 402 g/mol. The fourth-order valence-corrected chi connectivity index (χ4v) is 2.93. The van der Waals surface area contributed by atoms with Gasteiger partial charge in [-0.25, -0.2) is 0 Å². The molecule has 7 heteroatoms. The first-order valence-electron chi connectivity index (χ1n) is 3.43. The molecule has 0 saturated carbocycles. The van der Waals surface area contributed by atoms with Crippen LogP contribution >= 0.6 is 18.6 Å². The van der Waals surface area contributed by atoms with E-state index in [4.69, 9.17) is 5.73 Å². The zero-order chi connectivity index (χ0) is 9.42. The van der Waals surface area contributed by atoms with E-state index in [1.54, 1.807) is 6.33 Å². The van der Waals surface area contributed by atoms with Crippen LogP contribution in [0.3, 0.4) is 0 Å². The number of aryl methyl sites for hydroxylation is 1. The Hall–Kier alpha value is -0.190. The Balaban J connectivity index is 2.80. The van der Waals surface area contributed by atoms with Crippen molar-refractivity contribution in [1.29, 1.82) is 0 Å². The summed E-state index contributed by atoms with van der Waals surface area (Å²) >= 11 is 2.16. The molecule has 0 unspecified atom stereocenters. The third kappa shape index (κ3) is 1.58. The summed E-state index contributed by atoms with van der Waals surface area (Å²) in [6, 6.07) is 0. The molecule has 2 aromatic heterocycles.